The molecule has 0 heterocycles. The molecule has 0 spiro atoms. The summed E-state index contributed by atoms with van der Waals surface area (Å²) in [6.45, 7) is 9.31. The Morgan fingerprint density at radius 3 is 2.29 bits per heavy atom. The molecule has 5 nitrogen and oxygen atoms in total. The number of rotatable bonds is 8. The summed E-state index contributed by atoms with van der Waals surface area (Å²) in [6, 6.07) is 0. The minimum atomic E-state index is 0. The van der Waals surface area contributed by atoms with Gasteiger partial charge in [0.2, 0.25) is 0 Å². The lowest BCUT2D eigenvalue weighted by Crippen LogP contribution is -2.37. The van der Waals surface area contributed by atoms with Crippen molar-refractivity contribution in [2.24, 2.45) is 10.7 Å². The van der Waals surface area contributed by atoms with Gasteiger partial charge >= 0.3 is 0 Å². The number of hydrogen-bond donors (Lipinski definition) is 1. The Bertz CT molecular complexity index is 198. The zero-order valence-corrected chi connectivity index (χ0v) is 13.8. The summed E-state index contributed by atoms with van der Waals surface area (Å²) in [5, 5.41) is 0. The summed E-state index contributed by atoms with van der Waals surface area (Å²) in [7, 11) is 3.77. The molecule has 0 aliphatic carbocycles. The third-order valence-electron chi connectivity index (χ3n) is 2.52. The summed E-state index contributed by atoms with van der Waals surface area (Å²) in [5.74, 6) is 0.644. The van der Waals surface area contributed by atoms with Gasteiger partial charge in [0.1, 0.15) is 0 Å². The molecule has 0 bridgehead atoms. The van der Waals surface area contributed by atoms with Crippen molar-refractivity contribution in [1.29, 1.82) is 0 Å². The second-order valence-corrected chi connectivity index (χ2v) is 3.71. The smallest absolute Gasteiger partial charge is 0.191 e. The lowest BCUT2D eigenvalue weighted by molar-refractivity contribution is 0.163. The van der Waals surface area contributed by atoms with Gasteiger partial charge in [0.05, 0.1) is 13.2 Å². The molecule has 17 heavy (non-hydrogen) atoms. The van der Waals surface area contributed by atoms with Gasteiger partial charge < -0.3 is 20.3 Å². The molecule has 0 saturated heterocycles. The molecule has 0 saturated carbocycles. The van der Waals surface area contributed by atoms with Crippen molar-refractivity contribution in [1.82, 2.24) is 9.80 Å². The molecule has 0 aromatic carbocycles. The molecule has 104 valence electrons. The van der Waals surface area contributed by atoms with Crippen LogP contribution >= 0.6 is 24.0 Å². The van der Waals surface area contributed by atoms with Crippen LogP contribution in [0.1, 0.15) is 13.8 Å². The average molecular weight is 358 g/mol. The molecule has 0 rings (SSSR count). The van der Waals surface area contributed by atoms with Crippen LogP contribution in [0.25, 0.3) is 0 Å². The summed E-state index contributed by atoms with van der Waals surface area (Å²) < 4.78 is 5.00. The van der Waals surface area contributed by atoms with E-state index in [9.17, 15) is 0 Å². The van der Waals surface area contributed by atoms with Crippen molar-refractivity contribution < 1.29 is 4.74 Å². The number of guanidine groups is 1. The molecule has 0 amide bonds. The highest BCUT2D eigenvalue weighted by Gasteiger charge is 2.02. The first-order chi connectivity index (χ1) is 7.65. The van der Waals surface area contributed by atoms with Gasteiger partial charge in [0.25, 0.3) is 0 Å². The molecule has 0 fully saturated rings. The topological polar surface area (TPSA) is 54.1 Å². The third-order valence-corrected chi connectivity index (χ3v) is 2.52. The summed E-state index contributed by atoms with van der Waals surface area (Å²) in [5.41, 5.74) is 5.86. The van der Waals surface area contributed by atoms with E-state index in [1.807, 2.05) is 0 Å². The highest BCUT2D eigenvalue weighted by molar-refractivity contribution is 14.0. The van der Waals surface area contributed by atoms with Crippen LogP contribution in [0, 0.1) is 0 Å². The van der Waals surface area contributed by atoms with E-state index in [-0.39, 0.29) is 24.0 Å². The molecule has 0 aliphatic heterocycles. The molecule has 6 heteroatoms. The fourth-order valence-corrected chi connectivity index (χ4v) is 1.34. The monoisotopic (exact) mass is 358 g/mol. The van der Waals surface area contributed by atoms with Gasteiger partial charge in [0, 0.05) is 33.3 Å². The second-order valence-electron chi connectivity index (χ2n) is 3.71. The Morgan fingerprint density at radius 1 is 1.24 bits per heavy atom. The summed E-state index contributed by atoms with van der Waals surface area (Å²) in [4.78, 5) is 8.59. The van der Waals surface area contributed by atoms with E-state index in [2.05, 4.69) is 35.7 Å². The Kier molecular flexibility index (Phi) is 14.0. The van der Waals surface area contributed by atoms with Gasteiger partial charge in [-0.05, 0) is 20.9 Å². The van der Waals surface area contributed by atoms with Crippen LogP contribution in [0.4, 0.5) is 0 Å². The molecule has 0 unspecified atom stereocenters. The zero-order chi connectivity index (χ0) is 12.4. The van der Waals surface area contributed by atoms with E-state index in [4.69, 9.17) is 10.5 Å². The molecule has 0 atom stereocenters. The maximum atomic E-state index is 5.86. The SMILES string of the molecule is CCN(CC)C(N)=NCCN(C)CCOC.I. The second kappa shape index (κ2) is 12.4. The molecular formula is C11H27IN4O. The lowest BCUT2D eigenvalue weighted by Gasteiger charge is -2.20. The van der Waals surface area contributed by atoms with Crippen molar-refractivity contribution in [3.05, 3.63) is 0 Å². The fraction of sp³-hybridized carbons (Fsp3) is 0.909. The lowest BCUT2D eigenvalue weighted by atomic mass is 10.5. The van der Waals surface area contributed by atoms with Crippen LogP contribution in [0.5, 0.6) is 0 Å². The van der Waals surface area contributed by atoms with E-state index in [1.165, 1.54) is 0 Å². The summed E-state index contributed by atoms with van der Waals surface area (Å²) in [6.07, 6.45) is 0. The van der Waals surface area contributed by atoms with Crippen molar-refractivity contribution >= 4 is 29.9 Å². The van der Waals surface area contributed by atoms with Crippen LogP contribution in [-0.4, -0.2) is 69.2 Å². The van der Waals surface area contributed by atoms with Gasteiger partial charge in [-0.1, -0.05) is 0 Å². The van der Waals surface area contributed by atoms with E-state index in [0.717, 1.165) is 39.3 Å². The van der Waals surface area contributed by atoms with Crippen molar-refractivity contribution in [3.63, 3.8) is 0 Å². The van der Waals surface area contributed by atoms with E-state index in [0.29, 0.717) is 5.96 Å². The number of likely N-dealkylation sites (N-methyl/N-ethyl adjacent to an activating group) is 1. The maximum absolute atomic E-state index is 5.86. The molecule has 2 N–H and O–H groups in total. The van der Waals surface area contributed by atoms with Crippen LogP contribution < -0.4 is 5.73 Å². The van der Waals surface area contributed by atoms with Crippen LogP contribution in [0.3, 0.4) is 0 Å². The Balaban J connectivity index is 0. The van der Waals surface area contributed by atoms with Crippen molar-refractivity contribution in [2.45, 2.75) is 13.8 Å². The minimum absolute atomic E-state index is 0. The zero-order valence-electron chi connectivity index (χ0n) is 11.5. The van der Waals surface area contributed by atoms with Gasteiger partial charge in [-0.15, -0.1) is 24.0 Å². The van der Waals surface area contributed by atoms with Crippen LogP contribution in [-0.2, 0) is 4.74 Å². The first-order valence-corrected chi connectivity index (χ1v) is 5.88. The standard InChI is InChI=1S/C11H26N4O.HI/c1-5-15(6-2)11(12)13-7-8-14(3)9-10-16-4;/h5-10H2,1-4H3,(H2,12,13);1H. The number of halogens is 1. The summed E-state index contributed by atoms with van der Waals surface area (Å²) >= 11 is 0. The first-order valence-electron chi connectivity index (χ1n) is 5.88. The third kappa shape index (κ3) is 9.61. The predicted octanol–water partition coefficient (Wildman–Crippen LogP) is 0.839. The average Bonchev–Trinajstić information content (AvgIpc) is 2.28. The quantitative estimate of drug-likeness (QED) is 0.397. The molecule has 0 aromatic rings. The van der Waals surface area contributed by atoms with Gasteiger partial charge in [-0.3, -0.25) is 4.99 Å². The predicted molar refractivity (Wildman–Crippen MR) is 84.2 cm³/mol. The molecular weight excluding hydrogens is 331 g/mol. The van der Waals surface area contributed by atoms with E-state index in [1.54, 1.807) is 7.11 Å². The van der Waals surface area contributed by atoms with E-state index < -0.39 is 0 Å². The first kappa shape index (κ1) is 19.3. The maximum Gasteiger partial charge on any atom is 0.191 e. The largest absolute Gasteiger partial charge is 0.383 e. The minimum Gasteiger partial charge on any atom is -0.383 e. The van der Waals surface area contributed by atoms with Gasteiger partial charge in [-0.25, -0.2) is 0 Å². The molecule has 0 radical (unpaired) electrons. The number of nitrogens with two attached hydrogens (primary N) is 1. The van der Waals surface area contributed by atoms with Crippen molar-refractivity contribution in [3.8, 4) is 0 Å². The number of ether oxygens (including phenoxy) is 1. The van der Waals surface area contributed by atoms with E-state index >= 15 is 0 Å². The number of nitrogens with zero attached hydrogens (tertiary/aromatic N) is 3. The van der Waals surface area contributed by atoms with Gasteiger partial charge in [0.15, 0.2) is 5.96 Å². The fourth-order valence-electron chi connectivity index (χ4n) is 1.34. The van der Waals surface area contributed by atoms with Crippen LogP contribution in [0.15, 0.2) is 4.99 Å². The van der Waals surface area contributed by atoms with Crippen LogP contribution in [0.2, 0.25) is 0 Å². The highest BCUT2D eigenvalue weighted by Crippen LogP contribution is 1.88. The highest BCUT2D eigenvalue weighted by atomic mass is 127. The Labute approximate surface area is 122 Å². The molecule has 0 aliphatic rings. The van der Waals surface area contributed by atoms with Gasteiger partial charge in [-0.2, -0.15) is 0 Å². The number of aliphatic imine (C=N–C) groups is 1. The molecule has 0 aromatic heterocycles. The number of hydrogen-bond acceptors (Lipinski definition) is 3. The number of methoxy groups -OCH3 is 1. The van der Waals surface area contributed by atoms with Crippen molar-refractivity contribution in [2.75, 3.05) is 53.5 Å². The normalized spacial score (nSPS) is 11.5. The Morgan fingerprint density at radius 2 is 1.82 bits per heavy atom. The Hall–Kier alpha value is -0.0800.